The van der Waals surface area contributed by atoms with Crippen LogP contribution in [0.15, 0.2) is 54.7 Å². The molecule has 2 aromatic carbocycles. The van der Waals surface area contributed by atoms with Crippen LogP contribution in [0.5, 0.6) is 11.5 Å². The fraction of sp³-hybridized carbons (Fsp3) is 0.208. The van der Waals surface area contributed by atoms with Gasteiger partial charge in [0.15, 0.2) is 5.65 Å². The maximum atomic E-state index is 13.8. The highest BCUT2D eigenvalue weighted by Crippen LogP contribution is 2.30. The molecule has 0 aliphatic rings. The number of carbonyl (C=O) groups excluding carboxylic acids is 1. The van der Waals surface area contributed by atoms with Crippen LogP contribution in [0.4, 0.5) is 13.2 Å². The number of rotatable bonds is 7. The molecule has 0 bridgehead atoms. The molecule has 0 aliphatic carbocycles. The van der Waals surface area contributed by atoms with Gasteiger partial charge in [-0.2, -0.15) is 5.10 Å². The van der Waals surface area contributed by atoms with E-state index in [1.54, 1.807) is 25.1 Å². The van der Waals surface area contributed by atoms with E-state index in [0.717, 1.165) is 4.52 Å². The molecule has 0 saturated carbocycles. The second kappa shape index (κ2) is 9.42. The van der Waals surface area contributed by atoms with Crippen molar-refractivity contribution in [3.8, 4) is 22.8 Å². The average Bonchev–Trinajstić information content (AvgIpc) is 3.27. The molecule has 0 saturated heterocycles. The van der Waals surface area contributed by atoms with Gasteiger partial charge in [-0.1, -0.05) is 0 Å². The highest BCUT2D eigenvalue weighted by molar-refractivity contribution is 6.00. The lowest BCUT2D eigenvalue weighted by Gasteiger charge is -2.18. The lowest BCUT2D eigenvalue weighted by Crippen LogP contribution is -2.27. The maximum Gasteiger partial charge on any atom is 0.280 e. The van der Waals surface area contributed by atoms with E-state index < -0.39 is 29.9 Å². The summed E-state index contributed by atoms with van der Waals surface area (Å²) in [5, 5.41) is 6.79. The Balaban J connectivity index is 1.73. The highest BCUT2D eigenvalue weighted by atomic mass is 19.3. The number of benzene rings is 2. The van der Waals surface area contributed by atoms with Gasteiger partial charge in [-0.3, -0.25) is 4.79 Å². The van der Waals surface area contributed by atoms with Crippen LogP contribution in [0.2, 0.25) is 0 Å². The summed E-state index contributed by atoms with van der Waals surface area (Å²) in [6.07, 6.45) is -1.69. The molecule has 0 radical (unpaired) electrons. The van der Waals surface area contributed by atoms with Gasteiger partial charge in [0.2, 0.25) is 0 Å². The van der Waals surface area contributed by atoms with Gasteiger partial charge in [0, 0.05) is 11.1 Å². The number of aromatic nitrogens is 3. The SMILES string of the molecule is COc1ccc(OC)c(C(C)NC(=O)c2cnn3c(C(F)F)cc(-c4ccc(F)cc4)nc23)c1. The number of fused-ring (bicyclic) bond motifs is 1. The molecule has 4 rings (SSSR count). The van der Waals surface area contributed by atoms with Gasteiger partial charge in [-0.05, 0) is 55.5 Å². The van der Waals surface area contributed by atoms with Crippen molar-refractivity contribution in [2.75, 3.05) is 14.2 Å². The van der Waals surface area contributed by atoms with Crippen molar-refractivity contribution in [1.29, 1.82) is 0 Å². The summed E-state index contributed by atoms with van der Waals surface area (Å²) in [5.41, 5.74) is 0.789. The highest BCUT2D eigenvalue weighted by Gasteiger charge is 2.23. The van der Waals surface area contributed by atoms with E-state index >= 15 is 0 Å². The molecule has 1 unspecified atom stereocenters. The molecule has 7 nitrogen and oxygen atoms in total. The molecule has 0 spiro atoms. The molecule has 10 heteroatoms. The van der Waals surface area contributed by atoms with Gasteiger partial charge in [-0.25, -0.2) is 22.7 Å². The number of hydrogen-bond acceptors (Lipinski definition) is 5. The number of carbonyl (C=O) groups is 1. The lowest BCUT2D eigenvalue weighted by atomic mass is 10.1. The standard InChI is InChI=1S/C24H21F3N4O3/c1-13(17-10-16(33-2)8-9-21(17)34-3)29-24(32)18-12-28-31-20(22(26)27)11-19(30-23(18)31)14-4-6-15(25)7-5-14/h4-13,22H,1-3H3,(H,29,32). The fourth-order valence-corrected chi connectivity index (χ4v) is 3.60. The van der Waals surface area contributed by atoms with Crippen molar-refractivity contribution in [1.82, 2.24) is 19.9 Å². The second-order valence-corrected chi connectivity index (χ2v) is 7.47. The van der Waals surface area contributed by atoms with E-state index in [0.29, 0.717) is 22.6 Å². The third-order valence-corrected chi connectivity index (χ3v) is 5.36. The molecule has 1 amide bonds. The van der Waals surface area contributed by atoms with Crippen LogP contribution in [0.3, 0.4) is 0 Å². The molecule has 34 heavy (non-hydrogen) atoms. The van der Waals surface area contributed by atoms with Crippen LogP contribution in [-0.2, 0) is 0 Å². The molecular weight excluding hydrogens is 449 g/mol. The predicted octanol–water partition coefficient (Wildman–Crippen LogP) is 4.98. The maximum absolute atomic E-state index is 13.8. The Morgan fingerprint density at radius 3 is 2.44 bits per heavy atom. The Hall–Kier alpha value is -4.08. The van der Waals surface area contributed by atoms with Gasteiger partial charge < -0.3 is 14.8 Å². The number of methoxy groups -OCH3 is 2. The Kier molecular flexibility index (Phi) is 6.40. The first kappa shape index (κ1) is 23.1. The zero-order chi connectivity index (χ0) is 24.4. The normalized spacial score (nSPS) is 12.1. The number of ether oxygens (including phenoxy) is 2. The zero-order valence-electron chi connectivity index (χ0n) is 18.6. The van der Waals surface area contributed by atoms with E-state index in [1.807, 2.05) is 0 Å². The van der Waals surface area contributed by atoms with Crippen molar-refractivity contribution in [3.63, 3.8) is 0 Å². The van der Waals surface area contributed by atoms with E-state index in [1.165, 1.54) is 50.7 Å². The summed E-state index contributed by atoms with van der Waals surface area (Å²) in [6, 6.07) is 11.1. The number of halogens is 3. The van der Waals surface area contributed by atoms with Gasteiger partial charge in [0.1, 0.15) is 28.6 Å². The quantitative estimate of drug-likeness (QED) is 0.412. The molecule has 2 heterocycles. The zero-order valence-corrected chi connectivity index (χ0v) is 18.6. The van der Waals surface area contributed by atoms with Crippen molar-refractivity contribution in [2.24, 2.45) is 0 Å². The monoisotopic (exact) mass is 470 g/mol. The first-order chi connectivity index (χ1) is 16.3. The number of alkyl halides is 2. The van der Waals surface area contributed by atoms with Crippen molar-refractivity contribution < 1.29 is 27.4 Å². The van der Waals surface area contributed by atoms with Crippen LogP contribution in [0, 0.1) is 5.82 Å². The molecule has 176 valence electrons. The Bertz CT molecular complexity index is 1340. The van der Waals surface area contributed by atoms with Crippen LogP contribution in [0.25, 0.3) is 16.9 Å². The molecule has 1 atom stereocenters. The summed E-state index contributed by atoms with van der Waals surface area (Å²) < 4.78 is 52.4. The topological polar surface area (TPSA) is 77.8 Å². The van der Waals surface area contributed by atoms with E-state index in [9.17, 15) is 18.0 Å². The summed E-state index contributed by atoms with van der Waals surface area (Å²) in [7, 11) is 3.04. The largest absolute Gasteiger partial charge is 0.497 e. The molecule has 2 aromatic heterocycles. The van der Waals surface area contributed by atoms with E-state index in [-0.39, 0.29) is 16.9 Å². The molecular formula is C24H21F3N4O3. The summed E-state index contributed by atoms with van der Waals surface area (Å²) >= 11 is 0. The second-order valence-electron chi connectivity index (χ2n) is 7.47. The van der Waals surface area contributed by atoms with Gasteiger partial charge >= 0.3 is 0 Å². The molecule has 0 fully saturated rings. The number of nitrogens with zero attached hydrogens (tertiary/aromatic N) is 3. The van der Waals surface area contributed by atoms with E-state index in [2.05, 4.69) is 15.4 Å². The fourth-order valence-electron chi connectivity index (χ4n) is 3.60. The third kappa shape index (κ3) is 4.39. The van der Waals surface area contributed by atoms with Crippen LogP contribution >= 0.6 is 0 Å². The number of amides is 1. The Labute approximate surface area is 193 Å². The first-order valence-electron chi connectivity index (χ1n) is 10.3. The third-order valence-electron chi connectivity index (χ3n) is 5.36. The van der Waals surface area contributed by atoms with Crippen LogP contribution < -0.4 is 14.8 Å². The molecule has 0 aliphatic heterocycles. The minimum atomic E-state index is -2.87. The predicted molar refractivity (Wildman–Crippen MR) is 119 cm³/mol. The summed E-state index contributed by atoms with van der Waals surface area (Å²) in [6.45, 7) is 1.75. The average molecular weight is 470 g/mol. The first-order valence-corrected chi connectivity index (χ1v) is 10.3. The molecule has 1 N–H and O–H groups in total. The number of hydrogen-bond donors (Lipinski definition) is 1. The van der Waals surface area contributed by atoms with Gasteiger partial charge in [0.25, 0.3) is 12.3 Å². The van der Waals surface area contributed by atoms with Gasteiger partial charge in [0.05, 0.1) is 32.2 Å². The van der Waals surface area contributed by atoms with Crippen molar-refractivity contribution in [2.45, 2.75) is 19.4 Å². The van der Waals surface area contributed by atoms with Gasteiger partial charge in [-0.15, -0.1) is 0 Å². The minimum Gasteiger partial charge on any atom is -0.497 e. The van der Waals surface area contributed by atoms with E-state index in [4.69, 9.17) is 9.47 Å². The van der Waals surface area contributed by atoms with Crippen molar-refractivity contribution in [3.05, 3.63) is 77.4 Å². The lowest BCUT2D eigenvalue weighted by molar-refractivity contribution is 0.0940. The number of nitrogens with one attached hydrogen (secondary N) is 1. The van der Waals surface area contributed by atoms with Crippen molar-refractivity contribution >= 4 is 11.6 Å². The van der Waals surface area contributed by atoms with Crippen LogP contribution in [-0.4, -0.2) is 34.7 Å². The smallest absolute Gasteiger partial charge is 0.280 e. The van der Waals surface area contributed by atoms with Crippen LogP contribution in [0.1, 0.15) is 41.0 Å². The minimum absolute atomic E-state index is 0.0135. The summed E-state index contributed by atoms with van der Waals surface area (Å²) in [5.74, 6) is 0.104. The Morgan fingerprint density at radius 2 is 1.79 bits per heavy atom. The Morgan fingerprint density at radius 1 is 1.06 bits per heavy atom. The molecule has 4 aromatic rings. The summed E-state index contributed by atoms with van der Waals surface area (Å²) in [4.78, 5) is 17.5.